The largest absolute Gasteiger partial charge is 0.357 e. The van der Waals surface area contributed by atoms with Crippen LogP contribution in [-0.2, 0) is 4.79 Å². The molecule has 3 fully saturated rings. The highest BCUT2D eigenvalue weighted by Gasteiger charge is 2.36. The molecule has 0 aromatic heterocycles. The van der Waals surface area contributed by atoms with Gasteiger partial charge in [-0.25, -0.2) is 4.79 Å². The van der Waals surface area contributed by atoms with Crippen molar-refractivity contribution in [1.82, 2.24) is 25.8 Å². The Labute approximate surface area is 149 Å². The highest BCUT2D eigenvalue weighted by atomic mass is 16.2. The molecule has 3 aliphatic rings. The van der Waals surface area contributed by atoms with Crippen molar-refractivity contribution in [2.45, 2.75) is 57.2 Å². The standard InChI is InChI=1S/C17H30N6O2/c1-3-18-16(19-7-8-23-15(24)11-20-17(23)25)21-12-9-13-5-4-6-14(10-12)22(13)2/h12-14H,3-11H2,1-2H3,(H,20,25)(H2,18,19,21). The second-order valence-electron chi connectivity index (χ2n) is 7.18. The van der Waals surface area contributed by atoms with Gasteiger partial charge in [0.25, 0.3) is 0 Å². The van der Waals surface area contributed by atoms with Crippen molar-refractivity contribution in [1.29, 1.82) is 0 Å². The Morgan fingerprint density at radius 3 is 2.60 bits per heavy atom. The number of carbonyl (C=O) groups excluding carboxylic acids is 2. The summed E-state index contributed by atoms with van der Waals surface area (Å²) >= 11 is 0. The Bertz CT molecular complexity index is 507. The molecule has 3 amide bonds. The smallest absolute Gasteiger partial charge is 0.324 e. The lowest BCUT2D eigenvalue weighted by atomic mass is 9.82. The van der Waals surface area contributed by atoms with Gasteiger partial charge in [0.05, 0.1) is 19.6 Å². The van der Waals surface area contributed by atoms with Gasteiger partial charge in [-0.1, -0.05) is 6.42 Å². The average Bonchev–Trinajstić information content (AvgIpc) is 2.88. The van der Waals surface area contributed by atoms with Gasteiger partial charge in [0.2, 0.25) is 5.91 Å². The molecule has 0 aliphatic carbocycles. The van der Waals surface area contributed by atoms with Crippen molar-refractivity contribution in [3.63, 3.8) is 0 Å². The van der Waals surface area contributed by atoms with Crippen LogP contribution in [0.2, 0.25) is 0 Å². The van der Waals surface area contributed by atoms with Gasteiger partial charge in [-0.05, 0) is 39.7 Å². The van der Waals surface area contributed by atoms with Crippen LogP contribution in [0.15, 0.2) is 4.99 Å². The van der Waals surface area contributed by atoms with Crippen LogP contribution in [-0.4, -0.2) is 79.0 Å². The second kappa shape index (κ2) is 8.03. The fourth-order valence-electron chi connectivity index (χ4n) is 4.19. The number of urea groups is 1. The van der Waals surface area contributed by atoms with E-state index in [1.807, 2.05) is 6.92 Å². The summed E-state index contributed by atoms with van der Waals surface area (Å²) in [5.74, 6) is 0.600. The molecule has 8 nitrogen and oxygen atoms in total. The molecule has 3 saturated heterocycles. The number of aliphatic imine (C=N–C) groups is 1. The molecule has 2 bridgehead atoms. The SMILES string of the molecule is CCNC(=NCCN1C(=O)CNC1=O)NC1CC2CCCC(C1)N2C. The Morgan fingerprint density at radius 1 is 1.28 bits per heavy atom. The Morgan fingerprint density at radius 2 is 2.00 bits per heavy atom. The van der Waals surface area contributed by atoms with E-state index in [9.17, 15) is 9.59 Å². The van der Waals surface area contributed by atoms with E-state index in [1.54, 1.807) is 0 Å². The van der Waals surface area contributed by atoms with E-state index in [4.69, 9.17) is 0 Å². The zero-order valence-corrected chi connectivity index (χ0v) is 15.3. The quantitative estimate of drug-likeness (QED) is 0.372. The Balaban J connectivity index is 1.54. The third-order valence-electron chi connectivity index (χ3n) is 5.56. The number of piperidine rings is 2. The molecule has 0 aromatic carbocycles. The summed E-state index contributed by atoms with van der Waals surface area (Å²) in [4.78, 5) is 31.5. The maximum Gasteiger partial charge on any atom is 0.324 e. The van der Waals surface area contributed by atoms with E-state index in [2.05, 4.69) is 32.9 Å². The van der Waals surface area contributed by atoms with Crippen molar-refractivity contribution in [2.75, 3.05) is 33.2 Å². The summed E-state index contributed by atoms with van der Waals surface area (Å²) in [5.41, 5.74) is 0. The molecule has 25 heavy (non-hydrogen) atoms. The predicted octanol–water partition coefficient (Wildman–Crippen LogP) is 0.109. The molecule has 0 spiro atoms. The number of rotatable bonds is 5. The van der Waals surface area contributed by atoms with Gasteiger partial charge in [-0.15, -0.1) is 0 Å². The number of imide groups is 1. The third kappa shape index (κ3) is 4.23. The van der Waals surface area contributed by atoms with Crippen LogP contribution >= 0.6 is 0 Å². The van der Waals surface area contributed by atoms with Gasteiger partial charge in [0, 0.05) is 24.7 Å². The van der Waals surface area contributed by atoms with Gasteiger partial charge >= 0.3 is 6.03 Å². The van der Waals surface area contributed by atoms with Crippen molar-refractivity contribution in [3.05, 3.63) is 0 Å². The molecule has 3 rings (SSSR count). The van der Waals surface area contributed by atoms with E-state index in [0.717, 1.165) is 25.3 Å². The van der Waals surface area contributed by atoms with Crippen LogP contribution in [0.5, 0.6) is 0 Å². The lowest BCUT2D eigenvalue weighted by Gasteiger charge is -2.47. The van der Waals surface area contributed by atoms with E-state index >= 15 is 0 Å². The van der Waals surface area contributed by atoms with Crippen molar-refractivity contribution < 1.29 is 9.59 Å². The molecule has 140 valence electrons. The van der Waals surface area contributed by atoms with Gasteiger partial charge in [-0.3, -0.25) is 14.7 Å². The monoisotopic (exact) mass is 350 g/mol. The number of hydrogen-bond donors (Lipinski definition) is 3. The molecule has 3 aliphatic heterocycles. The Kier molecular flexibility index (Phi) is 5.78. The number of amides is 3. The highest BCUT2D eigenvalue weighted by molar-refractivity contribution is 6.01. The first kappa shape index (κ1) is 18.0. The number of nitrogens with one attached hydrogen (secondary N) is 3. The fraction of sp³-hybridized carbons (Fsp3) is 0.824. The normalized spacial score (nSPS) is 30.4. The van der Waals surface area contributed by atoms with Crippen LogP contribution in [0.1, 0.15) is 39.0 Å². The molecular formula is C17H30N6O2. The van der Waals surface area contributed by atoms with Crippen LogP contribution < -0.4 is 16.0 Å². The highest BCUT2D eigenvalue weighted by Crippen LogP contribution is 2.32. The summed E-state index contributed by atoms with van der Waals surface area (Å²) < 4.78 is 0. The number of fused-ring (bicyclic) bond motifs is 2. The van der Waals surface area contributed by atoms with Gasteiger partial charge in [0.1, 0.15) is 0 Å². The van der Waals surface area contributed by atoms with Gasteiger partial charge in [-0.2, -0.15) is 0 Å². The fourth-order valence-corrected chi connectivity index (χ4v) is 4.19. The summed E-state index contributed by atoms with van der Waals surface area (Å²) in [7, 11) is 2.25. The summed E-state index contributed by atoms with van der Waals surface area (Å²) in [6.45, 7) is 3.65. The number of hydrogen-bond acceptors (Lipinski definition) is 4. The zero-order chi connectivity index (χ0) is 17.8. The molecule has 0 radical (unpaired) electrons. The topological polar surface area (TPSA) is 89.1 Å². The van der Waals surface area contributed by atoms with Crippen molar-refractivity contribution >= 4 is 17.9 Å². The lowest BCUT2D eigenvalue weighted by molar-refractivity contribution is -0.124. The average molecular weight is 350 g/mol. The summed E-state index contributed by atoms with van der Waals surface area (Å²) in [6.07, 6.45) is 6.19. The van der Waals surface area contributed by atoms with Crippen LogP contribution in [0, 0.1) is 0 Å². The number of carbonyl (C=O) groups is 2. The first-order valence-corrected chi connectivity index (χ1v) is 9.43. The van der Waals surface area contributed by atoms with Crippen molar-refractivity contribution in [2.24, 2.45) is 4.99 Å². The minimum absolute atomic E-state index is 0.0965. The predicted molar refractivity (Wildman–Crippen MR) is 96.4 cm³/mol. The molecule has 0 aromatic rings. The van der Waals surface area contributed by atoms with Crippen LogP contribution in [0.25, 0.3) is 0 Å². The molecule has 3 N–H and O–H groups in total. The first-order chi connectivity index (χ1) is 12.1. The van der Waals surface area contributed by atoms with E-state index in [-0.39, 0.29) is 18.5 Å². The second-order valence-corrected chi connectivity index (χ2v) is 7.18. The van der Waals surface area contributed by atoms with Gasteiger partial charge in [0.15, 0.2) is 5.96 Å². The van der Waals surface area contributed by atoms with E-state index in [1.165, 1.54) is 24.2 Å². The number of guanidine groups is 1. The zero-order valence-electron chi connectivity index (χ0n) is 15.3. The molecule has 2 unspecified atom stereocenters. The van der Waals surface area contributed by atoms with E-state index < -0.39 is 0 Å². The van der Waals surface area contributed by atoms with Crippen LogP contribution in [0.3, 0.4) is 0 Å². The van der Waals surface area contributed by atoms with Gasteiger partial charge < -0.3 is 20.9 Å². The maximum absolute atomic E-state index is 11.6. The molecular weight excluding hydrogens is 320 g/mol. The lowest BCUT2D eigenvalue weighted by Crippen LogP contribution is -2.56. The summed E-state index contributed by atoms with van der Waals surface area (Å²) in [6, 6.07) is 1.44. The third-order valence-corrected chi connectivity index (χ3v) is 5.56. The number of nitrogens with zero attached hydrogens (tertiary/aromatic N) is 3. The maximum atomic E-state index is 11.6. The minimum atomic E-state index is -0.318. The minimum Gasteiger partial charge on any atom is -0.357 e. The molecule has 8 heteroatoms. The molecule has 0 saturated carbocycles. The van der Waals surface area contributed by atoms with Crippen molar-refractivity contribution in [3.8, 4) is 0 Å². The summed E-state index contributed by atoms with van der Waals surface area (Å²) in [5, 5.41) is 9.37. The first-order valence-electron chi connectivity index (χ1n) is 9.43. The Hall–Kier alpha value is -1.83. The van der Waals surface area contributed by atoms with Crippen LogP contribution in [0.4, 0.5) is 4.79 Å². The van der Waals surface area contributed by atoms with E-state index in [0.29, 0.717) is 31.2 Å². The molecule has 2 atom stereocenters. The molecule has 3 heterocycles.